The van der Waals surface area contributed by atoms with E-state index < -0.39 is 27.4 Å². The van der Waals surface area contributed by atoms with Gasteiger partial charge in [-0.1, -0.05) is 48.5 Å². The Bertz CT molecular complexity index is 1140. The van der Waals surface area contributed by atoms with Gasteiger partial charge < -0.3 is 15.3 Å². The van der Waals surface area contributed by atoms with Crippen LogP contribution in [0.5, 0.6) is 0 Å². The third-order valence-corrected chi connectivity index (χ3v) is 8.17. The average molecular weight is 469 g/mol. The summed E-state index contributed by atoms with van der Waals surface area (Å²) in [5.74, 6) is -1.58. The van der Waals surface area contributed by atoms with E-state index in [1.807, 2.05) is 18.2 Å². The number of amides is 2. The van der Waals surface area contributed by atoms with E-state index in [9.17, 15) is 23.1 Å². The van der Waals surface area contributed by atoms with Gasteiger partial charge >= 0.3 is 0 Å². The number of rotatable bonds is 7. The lowest BCUT2D eigenvalue weighted by molar-refractivity contribution is -0.127. The van der Waals surface area contributed by atoms with Gasteiger partial charge in [0.2, 0.25) is 0 Å². The summed E-state index contributed by atoms with van der Waals surface area (Å²) in [5.41, 5.74) is 1.31. The molecule has 0 radical (unpaired) electrons. The van der Waals surface area contributed by atoms with E-state index >= 15 is 0 Å². The van der Waals surface area contributed by atoms with Crippen LogP contribution in [0.2, 0.25) is 0 Å². The maximum absolute atomic E-state index is 12.8. The van der Waals surface area contributed by atoms with Crippen molar-refractivity contribution < 1.29 is 23.1 Å². The Morgan fingerprint density at radius 1 is 0.970 bits per heavy atom. The second-order valence-corrected chi connectivity index (χ2v) is 10.7. The van der Waals surface area contributed by atoms with E-state index in [0.717, 1.165) is 25.7 Å². The molecule has 0 aromatic heterocycles. The first-order chi connectivity index (χ1) is 15.8. The van der Waals surface area contributed by atoms with Gasteiger partial charge in [-0.25, -0.2) is 8.42 Å². The highest BCUT2D eigenvalue weighted by Crippen LogP contribution is 2.33. The largest absolute Gasteiger partial charge is 0.503 e. The molecule has 0 saturated heterocycles. The molecular weight excluding hydrogens is 440 g/mol. The van der Waals surface area contributed by atoms with Crippen LogP contribution in [0.1, 0.15) is 37.2 Å². The van der Waals surface area contributed by atoms with Crippen molar-refractivity contribution in [2.45, 2.75) is 42.5 Å². The fourth-order valence-corrected chi connectivity index (χ4v) is 5.79. The van der Waals surface area contributed by atoms with Gasteiger partial charge in [0, 0.05) is 12.6 Å². The predicted molar refractivity (Wildman–Crippen MR) is 124 cm³/mol. The van der Waals surface area contributed by atoms with Crippen LogP contribution in [0.3, 0.4) is 0 Å². The summed E-state index contributed by atoms with van der Waals surface area (Å²) in [4.78, 5) is 26.6. The molecular formula is C25H28N2O5S. The van der Waals surface area contributed by atoms with Crippen LogP contribution in [0.15, 0.2) is 76.9 Å². The molecule has 4 rings (SSSR count). The average Bonchev–Trinajstić information content (AvgIpc) is 3.13. The van der Waals surface area contributed by atoms with Crippen LogP contribution in [-0.4, -0.2) is 55.1 Å². The monoisotopic (exact) mass is 468 g/mol. The zero-order valence-corrected chi connectivity index (χ0v) is 19.1. The molecule has 1 saturated carbocycles. The van der Waals surface area contributed by atoms with Crippen LogP contribution in [0, 0.1) is 0 Å². The minimum Gasteiger partial charge on any atom is -0.503 e. The number of aliphatic hydroxyl groups is 1. The lowest BCUT2D eigenvalue weighted by atomic mass is 9.82. The van der Waals surface area contributed by atoms with Gasteiger partial charge in [-0.15, -0.1) is 0 Å². The molecule has 2 amide bonds. The summed E-state index contributed by atoms with van der Waals surface area (Å²) in [6, 6.07) is 18.3. The molecule has 1 aliphatic heterocycles. The van der Waals surface area contributed by atoms with Crippen molar-refractivity contribution in [3.05, 3.63) is 77.6 Å². The quantitative estimate of drug-likeness (QED) is 0.650. The highest BCUT2D eigenvalue weighted by molar-refractivity contribution is 7.91. The molecule has 2 aliphatic rings. The fraction of sp³-hybridized carbons (Fsp3) is 0.360. The third-order valence-electron chi connectivity index (χ3n) is 6.46. The first-order valence-electron chi connectivity index (χ1n) is 11.2. The first kappa shape index (κ1) is 23.0. The van der Waals surface area contributed by atoms with E-state index in [2.05, 4.69) is 17.4 Å². The molecule has 2 aromatic carbocycles. The number of sulfone groups is 1. The number of aliphatic hydroxyl groups excluding tert-OH is 1. The molecule has 0 bridgehead atoms. The molecule has 1 heterocycles. The molecule has 174 valence electrons. The molecule has 8 heteroatoms. The lowest BCUT2D eigenvalue weighted by Crippen LogP contribution is -2.39. The number of hydrogen-bond acceptors (Lipinski definition) is 5. The van der Waals surface area contributed by atoms with E-state index in [1.165, 1.54) is 22.6 Å². The summed E-state index contributed by atoms with van der Waals surface area (Å²) in [7, 11) is -3.57. The minimum atomic E-state index is -3.57. The molecule has 1 fully saturated rings. The van der Waals surface area contributed by atoms with Crippen molar-refractivity contribution in [1.82, 2.24) is 10.2 Å². The number of hydrogen-bond donors (Lipinski definition) is 2. The van der Waals surface area contributed by atoms with Gasteiger partial charge in [-0.05, 0) is 49.3 Å². The van der Waals surface area contributed by atoms with Gasteiger partial charge in [0.05, 0.1) is 22.8 Å². The summed E-state index contributed by atoms with van der Waals surface area (Å²) >= 11 is 0. The Balaban J connectivity index is 1.30. The van der Waals surface area contributed by atoms with Gasteiger partial charge in [0.1, 0.15) is 0 Å². The Kier molecular flexibility index (Phi) is 6.83. The van der Waals surface area contributed by atoms with Crippen LogP contribution in [0.4, 0.5) is 0 Å². The maximum Gasteiger partial charge on any atom is 0.289 e. The molecule has 7 nitrogen and oxygen atoms in total. The molecule has 0 unspecified atom stereocenters. The van der Waals surface area contributed by atoms with Gasteiger partial charge in [-0.3, -0.25) is 9.59 Å². The summed E-state index contributed by atoms with van der Waals surface area (Å²) in [6.45, 7) is -0.195. The van der Waals surface area contributed by atoms with E-state index in [4.69, 9.17) is 0 Å². The normalized spacial score (nSPS) is 21.3. The molecule has 0 spiro atoms. The molecule has 1 aliphatic carbocycles. The maximum atomic E-state index is 12.8. The molecule has 2 aromatic rings. The second-order valence-electron chi connectivity index (χ2n) is 8.62. The minimum absolute atomic E-state index is 0.00212. The molecule has 2 N–H and O–H groups in total. The smallest absolute Gasteiger partial charge is 0.289 e. The van der Waals surface area contributed by atoms with Gasteiger partial charge in [0.25, 0.3) is 11.8 Å². The predicted octanol–water partition coefficient (Wildman–Crippen LogP) is 2.96. The molecule has 0 atom stereocenters. The highest BCUT2D eigenvalue weighted by atomic mass is 32.2. The number of benzene rings is 2. The van der Waals surface area contributed by atoms with E-state index in [-0.39, 0.29) is 35.4 Å². The van der Waals surface area contributed by atoms with E-state index in [1.54, 1.807) is 18.2 Å². The summed E-state index contributed by atoms with van der Waals surface area (Å²) < 4.78 is 25.0. The van der Waals surface area contributed by atoms with Crippen molar-refractivity contribution in [2.75, 3.05) is 18.8 Å². The van der Waals surface area contributed by atoms with Crippen LogP contribution >= 0.6 is 0 Å². The van der Waals surface area contributed by atoms with Gasteiger partial charge in [0.15, 0.2) is 15.6 Å². The summed E-state index contributed by atoms with van der Waals surface area (Å²) in [5, 5.41) is 13.2. The standard InChI is InChI=1S/C25H28N2O5S/c28-23-22(17-27(25(23)30)15-16-33(31,32)21-9-5-2-6-10-21)24(29)26-20-13-11-19(12-14-20)18-7-3-1-4-8-18/h1-10,19-20,28H,11-17H2,(H,26,29). The second kappa shape index (κ2) is 9.79. The fourth-order valence-electron chi connectivity index (χ4n) is 4.52. The van der Waals surface area contributed by atoms with Crippen molar-refractivity contribution in [3.8, 4) is 0 Å². The van der Waals surface area contributed by atoms with Crippen molar-refractivity contribution in [1.29, 1.82) is 0 Å². The van der Waals surface area contributed by atoms with Crippen molar-refractivity contribution in [3.63, 3.8) is 0 Å². The third kappa shape index (κ3) is 5.27. The van der Waals surface area contributed by atoms with Crippen LogP contribution in [0.25, 0.3) is 0 Å². The van der Waals surface area contributed by atoms with E-state index in [0.29, 0.717) is 5.92 Å². The number of carbonyl (C=O) groups is 2. The van der Waals surface area contributed by atoms with Crippen LogP contribution in [-0.2, 0) is 19.4 Å². The zero-order chi connectivity index (χ0) is 23.4. The summed E-state index contributed by atoms with van der Waals surface area (Å²) in [6.07, 6.45) is 3.57. The lowest BCUT2D eigenvalue weighted by Gasteiger charge is -2.29. The molecule has 33 heavy (non-hydrogen) atoms. The number of nitrogens with zero attached hydrogens (tertiary/aromatic N) is 1. The number of carbonyl (C=O) groups excluding carboxylic acids is 2. The Hall–Kier alpha value is -3.13. The van der Waals surface area contributed by atoms with Crippen molar-refractivity contribution >= 4 is 21.7 Å². The Morgan fingerprint density at radius 2 is 1.58 bits per heavy atom. The SMILES string of the molecule is O=C(NC1CCC(c2ccccc2)CC1)C1=C(O)C(=O)N(CCS(=O)(=O)c2ccccc2)C1. The van der Waals surface area contributed by atoms with Crippen molar-refractivity contribution in [2.24, 2.45) is 0 Å². The van der Waals surface area contributed by atoms with Crippen LogP contribution < -0.4 is 5.32 Å². The topological polar surface area (TPSA) is 104 Å². The zero-order valence-electron chi connectivity index (χ0n) is 18.3. The highest BCUT2D eigenvalue weighted by Gasteiger charge is 2.35. The first-order valence-corrected chi connectivity index (χ1v) is 12.9. The Morgan fingerprint density at radius 3 is 2.21 bits per heavy atom. The Labute approximate surface area is 194 Å². The van der Waals surface area contributed by atoms with Gasteiger partial charge in [-0.2, -0.15) is 0 Å². The number of nitrogens with one attached hydrogen (secondary N) is 1.